The fourth-order valence-electron chi connectivity index (χ4n) is 4.16. The summed E-state index contributed by atoms with van der Waals surface area (Å²) in [6.07, 6.45) is 2.99. The van der Waals surface area contributed by atoms with Gasteiger partial charge in [0.25, 0.3) is 0 Å². The second kappa shape index (κ2) is 11.2. The van der Waals surface area contributed by atoms with Gasteiger partial charge in [-0.25, -0.2) is 9.78 Å². The number of hydrogen-bond donors (Lipinski definition) is 2. The summed E-state index contributed by atoms with van der Waals surface area (Å²) in [5.74, 6) is 0.917. The molecule has 0 aliphatic heterocycles. The van der Waals surface area contributed by atoms with Gasteiger partial charge in [-0.1, -0.05) is 24.3 Å². The summed E-state index contributed by atoms with van der Waals surface area (Å²) in [7, 11) is 0. The fraction of sp³-hybridized carbons (Fsp3) is 0.346. The zero-order valence-electron chi connectivity index (χ0n) is 19.4. The van der Waals surface area contributed by atoms with Crippen LogP contribution in [-0.2, 0) is 22.4 Å². The Morgan fingerprint density at radius 3 is 2.76 bits per heavy atom. The summed E-state index contributed by atoms with van der Waals surface area (Å²) in [4.78, 5) is 29.7. The Kier molecular flexibility index (Phi) is 7.80. The molecule has 0 saturated carbocycles. The minimum absolute atomic E-state index is 0.134. The maximum Gasteiger partial charge on any atom is 0.325 e. The van der Waals surface area contributed by atoms with E-state index in [0.29, 0.717) is 31.2 Å². The first kappa shape index (κ1) is 23.8. The number of amides is 2. The maximum absolute atomic E-state index is 12.2. The lowest BCUT2D eigenvalue weighted by Gasteiger charge is -2.12. The third kappa shape index (κ3) is 6.14. The predicted molar refractivity (Wildman–Crippen MR) is 134 cm³/mol. The molecule has 3 aromatic rings. The number of hydrogen-bond acceptors (Lipinski definition) is 6. The van der Waals surface area contributed by atoms with Crippen molar-refractivity contribution in [2.75, 3.05) is 23.8 Å². The van der Waals surface area contributed by atoms with Crippen LogP contribution in [0.3, 0.4) is 0 Å². The van der Waals surface area contributed by atoms with Gasteiger partial charge in [0.05, 0.1) is 25.3 Å². The SMILES string of the molecule is CCOC(=O)C[C@@H]1CCc2cc(OCCc3nc(NC(=O)Nc4ccccc4)sc3C)ccc21. The van der Waals surface area contributed by atoms with Crippen LogP contribution in [0.5, 0.6) is 5.75 Å². The number of rotatable bonds is 9. The van der Waals surface area contributed by atoms with Gasteiger partial charge in [0, 0.05) is 17.0 Å². The average Bonchev–Trinajstić information content (AvgIpc) is 3.37. The van der Waals surface area contributed by atoms with Crippen LogP contribution in [0.1, 0.15) is 47.4 Å². The van der Waals surface area contributed by atoms with E-state index in [4.69, 9.17) is 9.47 Å². The van der Waals surface area contributed by atoms with Crippen molar-refractivity contribution in [3.63, 3.8) is 0 Å². The van der Waals surface area contributed by atoms with Crippen LogP contribution in [0.25, 0.3) is 0 Å². The van der Waals surface area contributed by atoms with Crippen molar-refractivity contribution in [2.45, 2.75) is 45.4 Å². The average molecular weight is 480 g/mol. The summed E-state index contributed by atoms with van der Waals surface area (Å²) < 4.78 is 11.1. The number of aromatic nitrogens is 1. The molecule has 4 rings (SSSR count). The summed E-state index contributed by atoms with van der Waals surface area (Å²) in [5.41, 5.74) is 4.10. The largest absolute Gasteiger partial charge is 0.493 e. The molecule has 2 amide bonds. The first-order chi connectivity index (χ1) is 16.5. The molecular formula is C26H29N3O4S. The van der Waals surface area contributed by atoms with Crippen molar-refractivity contribution in [3.8, 4) is 5.75 Å². The minimum atomic E-state index is -0.317. The molecule has 1 aromatic heterocycles. The van der Waals surface area contributed by atoms with Crippen molar-refractivity contribution < 1.29 is 19.1 Å². The zero-order valence-corrected chi connectivity index (χ0v) is 20.2. The highest BCUT2D eigenvalue weighted by molar-refractivity contribution is 7.15. The van der Waals surface area contributed by atoms with E-state index in [1.165, 1.54) is 22.5 Å². The van der Waals surface area contributed by atoms with E-state index in [9.17, 15) is 9.59 Å². The van der Waals surface area contributed by atoms with Crippen LogP contribution < -0.4 is 15.4 Å². The summed E-state index contributed by atoms with van der Waals surface area (Å²) in [6.45, 7) is 4.73. The Bertz CT molecular complexity index is 1150. The Morgan fingerprint density at radius 1 is 1.15 bits per heavy atom. The molecule has 178 valence electrons. The number of ether oxygens (including phenoxy) is 2. The number of nitrogens with one attached hydrogen (secondary N) is 2. The van der Waals surface area contributed by atoms with Gasteiger partial charge in [0.2, 0.25) is 0 Å². The molecule has 1 atom stereocenters. The molecule has 7 nitrogen and oxygen atoms in total. The van der Waals surface area contributed by atoms with Crippen LogP contribution in [0.2, 0.25) is 0 Å². The number of anilines is 2. The second-order valence-corrected chi connectivity index (χ2v) is 9.37. The van der Waals surface area contributed by atoms with Crippen LogP contribution in [0.4, 0.5) is 15.6 Å². The monoisotopic (exact) mass is 479 g/mol. The molecule has 2 aromatic carbocycles. The Labute approximate surface area is 203 Å². The number of benzene rings is 2. The lowest BCUT2D eigenvalue weighted by molar-refractivity contribution is -0.143. The summed E-state index contributed by atoms with van der Waals surface area (Å²) in [6, 6.07) is 15.1. The van der Waals surface area contributed by atoms with Crippen molar-refractivity contribution in [2.24, 2.45) is 0 Å². The zero-order chi connectivity index (χ0) is 23.9. The first-order valence-electron chi connectivity index (χ1n) is 11.5. The number of carbonyl (C=O) groups excluding carboxylic acids is 2. The van der Waals surface area contributed by atoms with Crippen molar-refractivity contribution in [1.29, 1.82) is 0 Å². The van der Waals surface area contributed by atoms with Crippen molar-refractivity contribution in [3.05, 3.63) is 70.2 Å². The molecule has 8 heteroatoms. The highest BCUT2D eigenvalue weighted by Crippen LogP contribution is 2.37. The van der Waals surface area contributed by atoms with E-state index in [0.717, 1.165) is 34.8 Å². The van der Waals surface area contributed by atoms with Crippen LogP contribution in [0.15, 0.2) is 48.5 Å². The van der Waals surface area contributed by atoms with Crippen molar-refractivity contribution in [1.82, 2.24) is 4.98 Å². The topological polar surface area (TPSA) is 89.6 Å². The number of esters is 1. The van der Waals surface area contributed by atoms with Gasteiger partial charge >= 0.3 is 12.0 Å². The fourth-order valence-corrected chi connectivity index (χ4v) is 5.02. The van der Waals surface area contributed by atoms with Gasteiger partial charge in [-0.3, -0.25) is 10.1 Å². The molecule has 0 spiro atoms. The van der Waals surface area contributed by atoms with E-state index in [2.05, 4.69) is 27.8 Å². The van der Waals surface area contributed by atoms with E-state index >= 15 is 0 Å². The minimum Gasteiger partial charge on any atom is -0.493 e. The second-order valence-electron chi connectivity index (χ2n) is 8.17. The van der Waals surface area contributed by atoms with Crippen molar-refractivity contribution >= 4 is 34.2 Å². The molecule has 0 bridgehead atoms. The number of carbonyl (C=O) groups is 2. The molecule has 0 saturated heterocycles. The van der Waals surface area contributed by atoms with Crippen LogP contribution in [0, 0.1) is 6.92 Å². The third-order valence-corrected chi connectivity index (χ3v) is 6.72. The number of nitrogens with zero attached hydrogens (tertiary/aromatic N) is 1. The molecule has 0 fully saturated rings. The van der Waals surface area contributed by atoms with Gasteiger partial charge in [0.15, 0.2) is 5.13 Å². The summed E-state index contributed by atoms with van der Waals surface area (Å²) >= 11 is 1.45. The molecule has 0 radical (unpaired) electrons. The smallest absolute Gasteiger partial charge is 0.325 e. The number of urea groups is 1. The molecule has 0 unspecified atom stereocenters. The Hall–Kier alpha value is -3.39. The van der Waals surface area contributed by atoms with Gasteiger partial charge in [-0.15, -0.1) is 11.3 Å². The number of thiazole rings is 1. The first-order valence-corrected chi connectivity index (χ1v) is 12.3. The van der Waals surface area contributed by atoms with Gasteiger partial charge in [-0.2, -0.15) is 0 Å². The molecule has 2 N–H and O–H groups in total. The predicted octanol–water partition coefficient (Wildman–Crippen LogP) is 5.70. The molecule has 1 aliphatic carbocycles. The number of fused-ring (bicyclic) bond motifs is 1. The highest BCUT2D eigenvalue weighted by atomic mass is 32.1. The van der Waals surface area contributed by atoms with Gasteiger partial charge in [-0.05, 0) is 68.0 Å². The standard InChI is InChI=1S/C26H29N3O4S/c1-3-32-24(30)16-19-10-9-18-15-21(11-12-22(18)19)33-14-13-23-17(2)34-26(28-23)29-25(31)27-20-7-5-4-6-8-20/h4-8,11-12,15,19H,3,9-10,13-14,16H2,1-2H3,(H2,27,28,29,31)/t19-/m0/s1. The lowest BCUT2D eigenvalue weighted by atomic mass is 9.98. The van der Waals surface area contributed by atoms with Crippen LogP contribution in [-0.4, -0.2) is 30.2 Å². The van der Waals surface area contributed by atoms with Gasteiger partial charge in [0.1, 0.15) is 5.75 Å². The lowest BCUT2D eigenvalue weighted by Crippen LogP contribution is -2.19. The quantitative estimate of drug-likeness (QED) is 0.384. The van der Waals surface area contributed by atoms with E-state index in [1.54, 1.807) is 0 Å². The molecule has 1 aliphatic rings. The van der Waals surface area contributed by atoms with E-state index < -0.39 is 0 Å². The number of aryl methyl sites for hydroxylation is 2. The third-order valence-electron chi connectivity index (χ3n) is 5.79. The highest BCUT2D eigenvalue weighted by Gasteiger charge is 2.25. The normalized spacial score (nSPS) is 14.4. The Balaban J connectivity index is 1.27. The Morgan fingerprint density at radius 2 is 1.97 bits per heavy atom. The summed E-state index contributed by atoms with van der Waals surface area (Å²) in [5, 5.41) is 6.15. The number of para-hydroxylation sites is 1. The molecular weight excluding hydrogens is 450 g/mol. The maximum atomic E-state index is 12.2. The molecule has 34 heavy (non-hydrogen) atoms. The van der Waals surface area contributed by atoms with Gasteiger partial charge < -0.3 is 14.8 Å². The van der Waals surface area contributed by atoms with E-state index in [-0.39, 0.29) is 17.9 Å². The molecule has 1 heterocycles. The van der Waals surface area contributed by atoms with Crippen LogP contribution >= 0.6 is 11.3 Å². The van der Waals surface area contributed by atoms with E-state index in [1.807, 2.05) is 50.2 Å².